The molecule has 3 N–H and O–H groups in total. The van der Waals surface area contributed by atoms with Gasteiger partial charge in [0.05, 0.1) is 0 Å². The minimum absolute atomic E-state index is 0.0739. The zero-order valence-electron chi connectivity index (χ0n) is 5.69. The third kappa shape index (κ3) is 2.02. The molecule has 1 heterocycles. The third-order valence-electron chi connectivity index (χ3n) is 1.64. The van der Waals surface area contributed by atoms with Crippen LogP contribution in [0.2, 0.25) is 0 Å². The van der Waals surface area contributed by atoms with E-state index in [9.17, 15) is 4.21 Å². The van der Waals surface area contributed by atoms with Gasteiger partial charge in [-0.25, -0.2) is 4.21 Å². The molecule has 0 spiro atoms. The van der Waals surface area contributed by atoms with Gasteiger partial charge in [-0.3, -0.25) is 4.55 Å². The van der Waals surface area contributed by atoms with Crippen molar-refractivity contribution in [1.29, 1.82) is 0 Å². The number of hydrogen-bond acceptors (Lipinski definition) is 2. The maximum Gasteiger partial charge on any atom is 0.234 e. The van der Waals surface area contributed by atoms with Gasteiger partial charge >= 0.3 is 0 Å². The molecular formula is C5H12N2O2S. The van der Waals surface area contributed by atoms with Crippen LogP contribution in [0.15, 0.2) is 0 Å². The van der Waals surface area contributed by atoms with E-state index in [0.717, 1.165) is 12.8 Å². The summed E-state index contributed by atoms with van der Waals surface area (Å²) in [4.78, 5) is 0. The van der Waals surface area contributed by atoms with E-state index in [2.05, 4.69) is 0 Å². The molecule has 0 saturated carbocycles. The second kappa shape index (κ2) is 3.43. The van der Waals surface area contributed by atoms with Crippen molar-refractivity contribution in [3.8, 4) is 0 Å². The molecule has 0 aromatic heterocycles. The van der Waals surface area contributed by atoms with E-state index in [4.69, 9.17) is 10.3 Å². The van der Waals surface area contributed by atoms with Crippen molar-refractivity contribution in [3.05, 3.63) is 0 Å². The van der Waals surface area contributed by atoms with Gasteiger partial charge in [0.15, 0.2) is 0 Å². The Morgan fingerprint density at radius 3 is 2.80 bits per heavy atom. The van der Waals surface area contributed by atoms with Gasteiger partial charge < -0.3 is 5.73 Å². The zero-order chi connectivity index (χ0) is 7.56. The second-order valence-electron chi connectivity index (χ2n) is 2.52. The van der Waals surface area contributed by atoms with Crippen molar-refractivity contribution in [2.24, 2.45) is 5.73 Å². The Morgan fingerprint density at radius 1 is 1.70 bits per heavy atom. The normalized spacial score (nSPS) is 32.0. The van der Waals surface area contributed by atoms with Crippen LogP contribution < -0.4 is 5.73 Å². The summed E-state index contributed by atoms with van der Waals surface area (Å²) in [6.45, 7) is 1.24. The Bertz CT molecular complexity index is 142. The molecule has 2 unspecified atom stereocenters. The zero-order valence-corrected chi connectivity index (χ0v) is 6.51. The Morgan fingerprint density at radius 2 is 2.40 bits per heavy atom. The highest BCUT2D eigenvalue weighted by molar-refractivity contribution is 7.76. The molecule has 5 heteroatoms. The van der Waals surface area contributed by atoms with Gasteiger partial charge in [0.25, 0.3) is 0 Å². The van der Waals surface area contributed by atoms with Gasteiger partial charge in [-0.15, -0.1) is 0 Å². The van der Waals surface area contributed by atoms with Gasteiger partial charge in [0.2, 0.25) is 11.3 Å². The summed E-state index contributed by atoms with van der Waals surface area (Å²) in [5.74, 6) is 0. The summed E-state index contributed by atoms with van der Waals surface area (Å²) in [6.07, 6.45) is 1.89. The molecule has 60 valence electrons. The highest BCUT2D eigenvalue weighted by atomic mass is 32.2. The van der Waals surface area contributed by atoms with Gasteiger partial charge in [-0.05, 0) is 12.8 Å². The molecule has 0 bridgehead atoms. The molecule has 1 saturated heterocycles. The Hall–Kier alpha value is 0.0300. The number of rotatable bonds is 1. The van der Waals surface area contributed by atoms with Crippen LogP contribution in [0.25, 0.3) is 0 Å². The molecule has 0 amide bonds. The first-order valence-electron chi connectivity index (χ1n) is 3.31. The summed E-state index contributed by atoms with van der Waals surface area (Å²) in [5, 5.41) is 0. The van der Waals surface area contributed by atoms with Crippen LogP contribution in [-0.2, 0) is 11.3 Å². The quantitative estimate of drug-likeness (QED) is 0.516. The summed E-state index contributed by atoms with van der Waals surface area (Å²) in [7, 11) is 0. The van der Waals surface area contributed by atoms with E-state index >= 15 is 0 Å². The average Bonchev–Trinajstić information content (AvgIpc) is 1.88. The average molecular weight is 164 g/mol. The van der Waals surface area contributed by atoms with Gasteiger partial charge in [0.1, 0.15) is 0 Å². The van der Waals surface area contributed by atoms with Crippen LogP contribution >= 0.6 is 0 Å². The molecule has 0 aromatic carbocycles. The standard InChI is InChI=1S/C5H12N2O2S/c6-5-2-1-3-7(4-5)10(8)9/h5H,1-4,6H2,(H,8,9). The maximum absolute atomic E-state index is 10.5. The lowest BCUT2D eigenvalue weighted by Crippen LogP contribution is -2.43. The minimum atomic E-state index is -1.82. The Kier molecular flexibility index (Phi) is 2.79. The van der Waals surface area contributed by atoms with E-state index in [1.165, 1.54) is 4.31 Å². The van der Waals surface area contributed by atoms with Crippen LogP contribution in [0.5, 0.6) is 0 Å². The Balaban J connectivity index is 2.39. The fourth-order valence-electron chi connectivity index (χ4n) is 1.12. The molecule has 1 fully saturated rings. The fourth-order valence-corrected chi connectivity index (χ4v) is 1.72. The van der Waals surface area contributed by atoms with E-state index in [0.29, 0.717) is 13.1 Å². The highest BCUT2D eigenvalue weighted by Gasteiger charge is 2.19. The van der Waals surface area contributed by atoms with Crippen molar-refractivity contribution in [3.63, 3.8) is 0 Å². The van der Waals surface area contributed by atoms with Gasteiger partial charge in [-0.2, -0.15) is 4.31 Å². The van der Waals surface area contributed by atoms with Crippen LogP contribution in [0.1, 0.15) is 12.8 Å². The van der Waals surface area contributed by atoms with Crippen molar-refractivity contribution >= 4 is 11.3 Å². The second-order valence-corrected chi connectivity index (χ2v) is 3.50. The van der Waals surface area contributed by atoms with E-state index in [-0.39, 0.29) is 6.04 Å². The van der Waals surface area contributed by atoms with Crippen molar-refractivity contribution in [1.82, 2.24) is 4.31 Å². The molecule has 0 radical (unpaired) electrons. The molecule has 4 nitrogen and oxygen atoms in total. The van der Waals surface area contributed by atoms with Crippen molar-refractivity contribution in [2.45, 2.75) is 18.9 Å². The number of piperidine rings is 1. The SMILES string of the molecule is NC1CCCN(S(=O)O)C1. The molecular weight excluding hydrogens is 152 g/mol. The molecule has 1 rings (SSSR count). The Labute approximate surface area is 62.8 Å². The van der Waals surface area contributed by atoms with E-state index in [1.54, 1.807) is 0 Å². The molecule has 2 atom stereocenters. The lowest BCUT2D eigenvalue weighted by Gasteiger charge is -2.26. The predicted molar refractivity (Wildman–Crippen MR) is 39.6 cm³/mol. The topological polar surface area (TPSA) is 66.6 Å². The number of nitrogens with two attached hydrogens (primary N) is 1. The van der Waals surface area contributed by atoms with E-state index in [1.807, 2.05) is 0 Å². The highest BCUT2D eigenvalue weighted by Crippen LogP contribution is 2.08. The lowest BCUT2D eigenvalue weighted by molar-refractivity contribution is 0.310. The summed E-state index contributed by atoms with van der Waals surface area (Å²) >= 11 is -1.82. The minimum Gasteiger partial charge on any atom is -0.327 e. The maximum atomic E-state index is 10.5. The lowest BCUT2D eigenvalue weighted by atomic mass is 10.1. The molecule has 0 aromatic rings. The first-order valence-corrected chi connectivity index (χ1v) is 4.38. The molecule has 1 aliphatic rings. The van der Waals surface area contributed by atoms with Crippen LogP contribution in [0.3, 0.4) is 0 Å². The summed E-state index contributed by atoms with van der Waals surface area (Å²) in [6, 6.07) is 0.0739. The monoisotopic (exact) mass is 164 g/mol. The summed E-state index contributed by atoms with van der Waals surface area (Å²) in [5.41, 5.74) is 5.58. The van der Waals surface area contributed by atoms with Crippen molar-refractivity contribution < 1.29 is 8.76 Å². The smallest absolute Gasteiger partial charge is 0.234 e. The van der Waals surface area contributed by atoms with Crippen LogP contribution in [0, 0.1) is 0 Å². The van der Waals surface area contributed by atoms with Crippen LogP contribution in [-0.4, -0.2) is 32.2 Å². The predicted octanol–water partition coefficient (Wildman–Crippen LogP) is -0.454. The fraction of sp³-hybridized carbons (Fsp3) is 1.00. The van der Waals surface area contributed by atoms with Crippen molar-refractivity contribution in [2.75, 3.05) is 13.1 Å². The number of nitrogens with zero attached hydrogens (tertiary/aromatic N) is 1. The largest absolute Gasteiger partial charge is 0.327 e. The molecule has 1 aliphatic heterocycles. The molecule has 10 heavy (non-hydrogen) atoms. The van der Waals surface area contributed by atoms with Crippen LogP contribution in [0.4, 0.5) is 0 Å². The number of hydrogen-bond donors (Lipinski definition) is 2. The van der Waals surface area contributed by atoms with E-state index < -0.39 is 11.3 Å². The van der Waals surface area contributed by atoms with Gasteiger partial charge in [-0.1, -0.05) is 0 Å². The first-order chi connectivity index (χ1) is 4.70. The summed E-state index contributed by atoms with van der Waals surface area (Å²) < 4.78 is 20.6. The van der Waals surface area contributed by atoms with Gasteiger partial charge in [0, 0.05) is 19.1 Å². The third-order valence-corrected chi connectivity index (χ3v) is 2.41. The first kappa shape index (κ1) is 8.13. The molecule has 0 aliphatic carbocycles.